The highest BCUT2D eigenvalue weighted by Gasteiger charge is 2.41. The van der Waals surface area contributed by atoms with Gasteiger partial charge in [0.15, 0.2) is 0 Å². The third-order valence-corrected chi connectivity index (χ3v) is 3.05. The predicted octanol–water partition coefficient (Wildman–Crippen LogP) is 0.193. The van der Waals surface area contributed by atoms with Crippen LogP contribution >= 0.6 is 0 Å². The van der Waals surface area contributed by atoms with E-state index in [9.17, 15) is 4.79 Å². The molecule has 2 rings (SSSR count). The quantitative estimate of drug-likeness (QED) is 0.687. The molecular weight excluding hydrogens is 210 g/mol. The smallest absolute Gasteiger partial charge is 0.214 e. The number of hydrogen-bond donors (Lipinski definition) is 0. The molecule has 6 heteroatoms. The van der Waals surface area contributed by atoms with Gasteiger partial charge in [-0.05, 0) is 0 Å². The Kier molecular flexibility index (Phi) is 3.02. The molecule has 0 radical (unpaired) electrons. The molecule has 0 bridgehead atoms. The first-order valence-corrected chi connectivity index (χ1v) is 5.22. The van der Waals surface area contributed by atoms with Crippen LogP contribution in [-0.2, 0) is 16.5 Å². The standard InChI is InChI=1S/C10H15N3O3/c1-13-8(7-11-12-13)9(14)10(15-2)3-5-16-6-4-10/h7H,3-6H2,1-2H3. The summed E-state index contributed by atoms with van der Waals surface area (Å²) < 4.78 is 12.1. The van der Waals surface area contributed by atoms with Crippen LogP contribution in [-0.4, -0.2) is 46.7 Å². The van der Waals surface area contributed by atoms with Gasteiger partial charge >= 0.3 is 0 Å². The van der Waals surface area contributed by atoms with Crippen LogP contribution in [0.4, 0.5) is 0 Å². The number of ether oxygens (including phenoxy) is 2. The molecule has 0 spiro atoms. The molecule has 88 valence electrons. The molecular formula is C10H15N3O3. The second-order valence-corrected chi connectivity index (χ2v) is 3.88. The number of methoxy groups -OCH3 is 1. The molecule has 0 aromatic carbocycles. The maximum absolute atomic E-state index is 12.4. The molecule has 1 aromatic rings. The fourth-order valence-electron chi connectivity index (χ4n) is 1.95. The van der Waals surface area contributed by atoms with Crippen LogP contribution in [0.2, 0.25) is 0 Å². The number of Topliss-reactive ketones (excluding diaryl/α,β-unsaturated/α-hetero) is 1. The average molecular weight is 225 g/mol. The first kappa shape index (κ1) is 11.2. The van der Waals surface area contributed by atoms with E-state index in [0.717, 1.165) is 0 Å². The van der Waals surface area contributed by atoms with Crippen LogP contribution in [0.25, 0.3) is 0 Å². The topological polar surface area (TPSA) is 66.2 Å². The molecule has 0 unspecified atom stereocenters. The van der Waals surface area contributed by atoms with Crippen LogP contribution in [0.1, 0.15) is 23.3 Å². The molecule has 0 amide bonds. The number of nitrogens with zero attached hydrogens (tertiary/aromatic N) is 3. The SMILES string of the molecule is COC1(C(=O)c2cnnn2C)CCOCC1. The van der Waals surface area contributed by atoms with Crippen molar-refractivity contribution < 1.29 is 14.3 Å². The predicted molar refractivity (Wildman–Crippen MR) is 55.1 cm³/mol. The fraction of sp³-hybridized carbons (Fsp3) is 0.700. The van der Waals surface area contributed by atoms with Crippen LogP contribution in [0.3, 0.4) is 0 Å². The van der Waals surface area contributed by atoms with Gasteiger partial charge in [-0.2, -0.15) is 0 Å². The summed E-state index contributed by atoms with van der Waals surface area (Å²) in [7, 11) is 3.26. The number of aryl methyl sites for hydroxylation is 1. The van der Waals surface area contributed by atoms with E-state index in [1.165, 1.54) is 10.9 Å². The molecule has 16 heavy (non-hydrogen) atoms. The van der Waals surface area contributed by atoms with Gasteiger partial charge in [0.1, 0.15) is 11.3 Å². The molecule has 2 heterocycles. The van der Waals surface area contributed by atoms with Gasteiger partial charge in [-0.15, -0.1) is 5.10 Å². The Bertz CT molecular complexity index is 382. The van der Waals surface area contributed by atoms with Gasteiger partial charge in [-0.1, -0.05) is 5.21 Å². The average Bonchev–Trinajstić information content (AvgIpc) is 2.75. The Labute approximate surface area is 93.5 Å². The molecule has 6 nitrogen and oxygen atoms in total. The number of aromatic nitrogens is 3. The molecule has 1 saturated heterocycles. The van der Waals surface area contributed by atoms with Crippen molar-refractivity contribution in [2.45, 2.75) is 18.4 Å². The summed E-state index contributed by atoms with van der Waals surface area (Å²) in [5.74, 6) is -0.0641. The van der Waals surface area contributed by atoms with E-state index in [4.69, 9.17) is 9.47 Å². The first-order valence-electron chi connectivity index (χ1n) is 5.22. The number of ketones is 1. The zero-order chi connectivity index (χ0) is 11.6. The molecule has 1 aliphatic rings. The zero-order valence-corrected chi connectivity index (χ0v) is 9.47. The number of hydrogen-bond acceptors (Lipinski definition) is 5. The first-order chi connectivity index (χ1) is 7.69. The maximum Gasteiger partial charge on any atom is 0.214 e. The molecule has 1 aromatic heterocycles. The Hall–Kier alpha value is -1.27. The monoisotopic (exact) mass is 225 g/mol. The number of rotatable bonds is 3. The molecule has 0 saturated carbocycles. The highest BCUT2D eigenvalue weighted by Crippen LogP contribution is 2.28. The Morgan fingerprint density at radius 2 is 2.25 bits per heavy atom. The summed E-state index contributed by atoms with van der Waals surface area (Å²) in [4.78, 5) is 12.4. The van der Waals surface area contributed by atoms with Crippen molar-refractivity contribution in [3.63, 3.8) is 0 Å². The Morgan fingerprint density at radius 1 is 1.56 bits per heavy atom. The summed E-state index contributed by atoms with van der Waals surface area (Å²) in [6.07, 6.45) is 2.62. The van der Waals surface area contributed by atoms with Crippen LogP contribution in [0, 0.1) is 0 Å². The lowest BCUT2D eigenvalue weighted by molar-refractivity contribution is -0.0667. The second-order valence-electron chi connectivity index (χ2n) is 3.88. The second kappa shape index (κ2) is 4.31. The largest absolute Gasteiger partial charge is 0.381 e. The van der Waals surface area contributed by atoms with Gasteiger partial charge in [0.2, 0.25) is 5.78 Å². The fourth-order valence-corrected chi connectivity index (χ4v) is 1.95. The lowest BCUT2D eigenvalue weighted by Gasteiger charge is -2.33. The molecule has 0 aliphatic carbocycles. The van der Waals surface area contributed by atoms with Gasteiger partial charge in [0, 0.05) is 40.2 Å². The minimum atomic E-state index is -0.770. The number of carbonyl (C=O) groups is 1. The zero-order valence-electron chi connectivity index (χ0n) is 9.47. The van der Waals surface area contributed by atoms with Crippen LogP contribution in [0.5, 0.6) is 0 Å². The number of carbonyl (C=O) groups excluding carboxylic acids is 1. The van der Waals surface area contributed by atoms with Crippen molar-refractivity contribution in [3.8, 4) is 0 Å². The van der Waals surface area contributed by atoms with Crippen molar-refractivity contribution in [3.05, 3.63) is 11.9 Å². The van der Waals surface area contributed by atoms with E-state index in [2.05, 4.69) is 10.3 Å². The highest BCUT2D eigenvalue weighted by atomic mass is 16.5. The van der Waals surface area contributed by atoms with Crippen LogP contribution in [0.15, 0.2) is 6.20 Å². The van der Waals surface area contributed by atoms with E-state index in [1.807, 2.05) is 0 Å². The van der Waals surface area contributed by atoms with Crippen LogP contribution < -0.4 is 0 Å². The van der Waals surface area contributed by atoms with Gasteiger partial charge in [-0.3, -0.25) is 4.79 Å². The minimum Gasteiger partial charge on any atom is -0.381 e. The third kappa shape index (κ3) is 1.74. The Morgan fingerprint density at radius 3 is 2.75 bits per heavy atom. The van der Waals surface area contributed by atoms with Crippen molar-refractivity contribution in [1.29, 1.82) is 0 Å². The maximum atomic E-state index is 12.4. The lowest BCUT2D eigenvalue weighted by Crippen LogP contribution is -2.46. The van der Waals surface area contributed by atoms with Gasteiger partial charge in [0.05, 0.1) is 6.20 Å². The van der Waals surface area contributed by atoms with E-state index >= 15 is 0 Å². The minimum absolute atomic E-state index is 0.0641. The van der Waals surface area contributed by atoms with Crippen molar-refractivity contribution in [1.82, 2.24) is 15.0 Å². The van der Waals surface area contributed by atoms with Gasteiger partial charge < -0.3 is 9.47 Å². The van der Waals surface area contributed by atoms with Crippen molar-refractivity contribution >= 4 is 5.78 Å². The van der Waals surface area contributed by atoms with E-state index in [1.54, 1.807) is 14.2 Å². The van der Waals surface area contributed by atoms with Gasteiger partial charge in [-0.25, -0.2) is 4.68 Å². The van der Waals surface area contributed by atoms with E-state index in [0.29, 0.717) is 31.7 Å². The summed E-state index contributed by atoms with van der Waals surface area (Å²) in [5.41, 5.74) is -0.294. The molecule has 0 atom stereocenters. The summed E-state index contributed by atoms with van der Waals surface area (Å²) in [5, 5.41) is 7.47. The van der Waals surface area contributed by atoms with Crippen molar-refractivity contribution in [2.24, 2.45) is 7.05 Å². The van der Waals surface area contributed by atoms with E-state index in [-0.39, 0.29) is 5.78 Å². The molecule has 0 N–H and O–H groups in total. The van der Waals surface area contributed by atoms with Crippen molar-refractivity contribution in [2.75, 3.05) is 20.3 Å². The van der Waals surface area contributed by atoms with E-state index < -0.39 is 5.60 Å². The normalized spacial score (nSPS) is 19.6. The Balaban J connectivity index is 2.28. The lowest BCUT2D eigenvalue weighted by atomic mass is 9.88. The summed E-state index contributed by atoms with van der Waals surface area (Å²) in [6, 6.07) is 0. The summed E-state index contributed by atoms with van der Waals surface area (Å²) >= 11 is 0. The molecule has 1 fully saturated rings. The summed E-state index contributed by atoms with van der Waals surface area (Å²) in [6.45, 7) is 1.09. The third-order valence-electron chi connectivity index (χ3n) is 3.05. The molecule has 1 aliphatic heterocycles. The van der Waals surface area contributed by atoms with Gasteiger partial charge in [0.25, 0.3) is 0 Å². The highest BCUT2D eigenvalue weighted by molar-refractivity contribution is 6.01.